The van der Waals surface area contributed by atoms with E-state index in [1.54, 1.807) is 0 Å². The lowest BCUT2D eigenvalue weighted by Gasteiger charge is -2.33. The molecule has 0 radical (unpaired) electrons. The monoisotopic (exact) mass is 255 g/mol. The summed E-state index contributed by atoms with van der Waals surface area (Å²) < 4.78 is 0. The minimum atomic E-state index is 0.207. The summed E-state index contributed by atoms with van der Waals surface area (Å²) in [6, 6.07) is 8.71. The number of rotatable bonds is 3. The van der Waals surface area contributed by atoms with Gasteiger partial charge in [0.1, 0.15) is 0 Å². The molecule has 1 nitrogen and oxygen atoms in total. The first-order chi connectivity index (χ1) is 9.01. The van der Waals surface area contributed by atoms with Gasteiger partial charge in [0.15, 0.2) is 0 Å². The Hall–Kier alpha value is -1.50. The fourth-order valence-electron chi connectivity index (χ4n) is 2.54. The molecule has 1 aromatic carbocycles. The van der Waals surface area contributed by atoms with Crippen molar-refractivity contribution in [2.24, 2.45) is 11.3 Å². The van der Waals surface area contributed by atoms with E-state index in [-0.39, 0.29) is 5.41 Å². The molecule has 19 heavy (non-hydrogen) atoms. The summed E-state index contributed by atoms with van der Waals surface area (Å²) in [7, 11) is 4.14. The lowest BCUT2D eigenvalue weighted by atomic mass is 9.72. The number of hydrogen-bond donors (Lipinski definition) is 0. The van der Waals surface area contributed by atoms with E-state index in [1.165, 1.54) is 24.1 Å². The van der Waals surface area contributed by atoms with Crippen LogP contribution in [0.1, 0.15) is 32.3 Å². The molecule has 0 amide bonds. The van der Waals surface area contributed by atoms with Crippen LogP contribution in [0.25, 0.3) is 6.08 Å². The van der Waals surface area contributed by atoms with Crippen molar-refractivity contribution in [1.29, 1.82) is 0 Å². The minimum absolute atomic E-state index is 0.207. The van der Waals surface area contributed by atoms with Crippen LogP contribution in [0.15, 0.2) is 42.5 Å². The Morgan fingerprint density at radius 3 is 2.47 bits per heavy atom. The second kappa shape index (κ2) is 5.64. The van der Waals surface area contributed by atoms with Crippen molar-refractivity contribution < 1.29 is 0 Å². The van der Waals surface area contributed by atoms with Crippen LogP contribution in [0, 0.1) is 11.3 Å². The Morgan fingerprint density at radius 2 is 1.89 bits per heavy atom. The van der Waals surface area contributed by atoms with Gasteiger partial charge in [0.05, 0.1) is 0 Å². The smallest absolute Gasteiger partial charge is 0.0361 e. The molecule has 0 saturated heterocycles. The minimum Gasteiger partial charge on any atom is -0.378 e. The van der Waals surface area contributed by atoms with E-state index in [0.29, 0.717) is 0 Å². The van der Waals surface area contributed by atoms with Crippen molar-refractivity contribution >= 4 is 11.8 Å². The molecule has 2 atom stereocenters. The van der Waals surface area contributed by atoms with E-state index in [9.17, 15) is 0 Å². The van der Waals surface area contributed by atoms with Crippen LogP contribution in [-0.2, 0) is 0 Å². The van der Waals surface area contributed by atoms with Crippen LogP contribution in [0.4, 0.5) is 5.69 Å². The summed E-state index contributed by atoms with van der Waals surface area (Å²) in [6.45, 7) is 4.68. The molecule has 0 bridgehead atoms. The Balaban J connectivity index is 2.13. The number of hydrogen-bond acceptors (Lipinski definition) is 1. The summed E-state index contributed by atoms with van der Waals surface area (Å²) >= 11 is 0. The maximum Gasteiger partial charge on any atom is 0.0361 e. The van der Waals surface area contributed by atoms with Crippen LogP contribution in [0.3, 0.4) is 0 Å². The lowest BCUT2D eigenvalue weighted by Crippen LogP contribution is -2.22. The van der Waals surface area contributed by atoms with E-state index in [1.807, 2.05) is 0 Å². The van der Waals surface area contributed by atoms with Gasteiger partial charge >= 0.3 is 0 Å². The lowest BCUT2D eigenvalue weighted by molar-refractivity contribution is 0.319. The molecule has 0 N–H and O–H groups in total. The van der Waals surface area contributed by atoms with E-state index < -0.39 is 0 Å². The van der Waals surface area contributed by atoms with Gasteiger partial charge in [0, 0.05) is 25.2 Å². The van der Waals surface area contributed by atoms with Crippen molar-refractivity contribution in [2.45, 2.75) is 26.7 Å². The van der Waals surface area contributed by atoms with Gasteiger partial charge in [0.2, 0.25) is 0 Å². The second-order valence-corrected chi connectivity index (χ2v) is 6.07. The van der Waals surface area contributed by atoms with Crippen LogP contribution in [0.5, 0.6) is 0 Å². The molecule has 0 fully saturated rings. The van der Waals surface area contributed by atoms with E-state index in [0.717, 1.165) is 5.92 Å². The molecule has 2 rings (SSSR count). The zero-order valence-corrected chi connectivity index (χ0v) is 12.6. The quantitative estimate of drug-likeness (QED) is 0.704. The Kier molecular flexibility index (Phi) is 4.14. The number of anilines is 1. The predicted octanol–water partition coefficient (Wildman–Crippen LogP) is 4.76. The summed E-state index contributed by atoms with van der Waals surface area (Å²) in [6.07, 6.45) is 11.8. The summed E-state index contributed by atoms with van der Waals surface area (Å²) in [5.74, 6) is 0.717. The van der Waals surface area contributed by atoms with E-state index >= 15 is 0 Å². The molecule has 0 saturated carbocycles. The topological polar surface area (TPSA) is 3.24 Å². The van der Waals surface area contributed by atoms with Gasteiger partial charge in [0.25, 0.3) is 0 Å². The third kappa shape index (κ3) is 3.28. The highest BCUT2D eigenvalue weighted by Gasteiger charge is 2.27. The standard InChI is InChI=1S/C18H25N/c1-15-7-5-6-13-18(15,2)14-12-16-8-10-17(11-9-16)19(3)4/h6,8-15H,5,7H2,1-4H3. The molecule has 1 aliphatic rings. The largest absolute Gasteiger partial charge is 0.378 e. The molecule has 0 aliphatic heterocycles. The predicted molar refractivity (Wildman–Crippen MR) is 85.4 cm³/mol. The fraction of sp³-hybridized carbons (Fsp3) is 0.444. The number of allylic oxidation sites excluding steroid dienone is 3. The average Bonchev–Trinajstić information content (AvgIpc) is 2.41. The normalized spacial score (nSPS) is 26.8. The van der Waals surface area contributed by atoms with E-state index in [4.69, 9.17) is 0 Å². The summed E-state index contributed by atoms with van der Waals surface area (Å²) in [4.78, 5) is 2.13. The van der Waals surface area contributed by atoms with Crippen LogP contribution >= 0.6 is 0 Å². The Morgan fingerprint density at radius 1 is 1.21 bits per heavy atom. The third-order valence-electron chi connectivity index (χ3n) is 4.35. The molecular formula is C18H25N. The molecule has 1 heteroatoms. The SMILES string of the molecule is CC1CCC=CC1(C)C=Cc1ccc(N(C)C)cc1. The molecule has 2 unspecified atom stereocenters. The van der Waals surface area contributed by atoms with Gasteiger partial charge in [-0.1, -0.05) is 50.3 Å². The van der Waals surface area contributed by atoms with Gasteiger partial charge in [-0.3, -0.25) is 0 Å². The average molecular weight is 255 g/mol. The number of benzene rings is 1. The Bertz CT molecular complexity index is 467. The molecule has 102 valence electrons. The highest BCUT2D eigenvalue weighted by molar-refractivity contribution is 5.56. The molecular weight excluding hydrogens is 230 g/mol. The maximum absolute atomic E-state index is 2.37. The van der Waals surface area contributed by atoms with Crippen molar-refractivity contribution in [3.8, 4) is 0 Å². The maximum atomic E-state index is 2.37. The number of nitrogens with zero attached hydrogens (tertiary/aromatic N) is 1. The second-order valence-electron chi connectivity index (χ2n) is 6.07. The van der Waals surface area contributed by atoms with Gasteiger partial charge in [-0.2, -0.15) is 0 Å². The van der Waals surface area contributed by atoms with Gasteiger partial charge in [-0.15, -0.1) is 0 Å². The van der Waals surface area contributed by atoms with Gasteiger partial charge in [-0.05, 0) is 36.5 Å². The van der Waals surface area contributed by atoms with Crippen molar-refractivity contribution in [3.63, 3.8) is 0 Å². The highest BCUT2D eigenvalue weighted by atomic mass is 15.1. The molecule has 1 aromatic rings. The first-order valence-electron chi connectivity index (χ1n) is 7.15. The first-order valence-corrected chi connectivity index (χ1v) is 7.15. The van der Waals surface area contributed by atoms with Crippen LogP contribution in [-0.4, -0.2) is 14.1 Å². The van der Waals surface area contributed by atoms with Crippen molar-refractivity contribution in [1.82, 2.24) is 0 Å². The molecule has 0 spiro atoms. The van der Waals surface area contributed by atoms with Crippen molar-refractivity contribution in [2.75, 3.05) is 19.0 Å². The molecule has 0 aromatic heterocycles. The van der Waals surface area contributed by atoms with E-state index in [2.05, 4.69) is 81.4 Å². The van der Waals surface area contributed by atoms with Crippen LogP contribution in [0.2, 0.25) is 0 Å². The fourth-order valence-corrected chi connectivity index (χ4v) is 2.54. The van der Waals surface area contributed by atoms with Crippen LogP contribution < -0.4 is 4.90 Å². The molecule has 1 aliphatic carbocycles. The molecule has 0 heterocycles. The zero-order chi connectivity index (χ0) is 13.9. The first kappa shape index (κ1) is 13.9. The third-order valence-corrected chi connectivity index (χ3v) is 4.35. The zero-order valence-electron chi connectivity index (χ0n) is 12.6. The van der Waals surface area contributed by atoms with Crippen molar-refractivity contribution in [3.05, 3.63) is 48.1 Å². The van der Waals surface area contributed by atoms with Gasteiger partial charge in [-0.25, -0.2) is 0 Å². The summed E-state index contributed by atoms with van der Waals surface area (Å²) in [5, 5.41) is 0. The Labute approximate surface area is 117 Å². The summed E-state index contributed by atoms with van der Waals surface area (Å²) in [5.41, 5.74) is 2.73. The van der Waals surface area contributed by atoms with Gasteiger partial charge < -0.3 is 4.90 Å². The highest BCUT2D eigenvalue weighted by Crippen LogP contribution is 2.37.